The van der Waals surface area contributed by atoms with Gasteiger partial charge in [-0.15, -0.1) is 0 Å². The van der Waals surface area contributed by atoms with Crippen LogP contribution in [0, 0.1) is 0 Å². The number of aromatic nitrogens is 4. The van der Waals surface area contributed by atoms with Gasteiger partial charge >= 0.3 is 0 Å². The van der Waals surface area contributed by atoms with Crippen molar-refractivity contribution in [3.05, 3.63) is 60.4 Å². The van der Waals surface area contributed by atoms with E-state index in [1.165, 1.54) is 0 Å². The summed E-state index contributed by atoms with van der Waals surface area (Å²) in [6.45, 7) is -0.148. The predicted octanol–water partition coefficient (Wildman–Crippen LogP) is 2.06. The highest BCUT2D eigenvalue weighted by Crippen LogP contribution is 2.23. The van der Waals surface area contributed by atoms with Crippen molar-refractivity contribution in [2.75, 3.05) is 5.32 Å². The number of carbonyl (C=O) groups is 1. The van der Waals surface area contributed by atoms with Crippen molar-refractivity contribution in [1.82, 2.24) is 19.6 Å². The third-order valence-electron chi connectivity index (χ3n) is 3.53. The summed E-state index contributed by atoms with van der Waals surface area (Å²) in [6, 6.07) is 8.80. The second-order valence-corrected chi connectivity index (χ2v) is 5.15. The van der Waals surface area contributed by atoms with Gasteiger partial charge in [0.15, 0.2) is 5.82 Å². The largest absolute Gasteiger partial charge is 0.459 e. The van der Waals surface area contributed by atoms with E-state index < -0.39 is 0 Å². The van der Waals surface area contributed by atoms with Gasteiger partial charge in [-0.3, -0.25) is 9.89 Å². The number of aliphatic hydroxyl groups is 1. The van der Waals surface area contributed by atoms with Gasteiger partial charge in [-0.2, -0.15) is 5.10 Å². The Balaban J connectivity index is 1.64. The summed E-state index contributed by atoms with van der Waals surface area (Å²) in [4.78, 5) is 16.5. The smallest absolute Gasteiger partial charge is 0.277 e. The number of hydrogen-bond acceptors (Lipinski definition) is 5. The van der Waals surface area contributed by atoms with E-state index in [9.17, 15) is 4.79 Å². The number of aromatic amines is 1. The number of carbonyl (C=O) groups excluding carboxylic acids is 1. The van der Waals surface area contributed by atoms with Crippen LogP contribution < -0.4 is 5.32 Å². The van der Waals surface area contributed by atoms with E-state index in [2.05, 4.69) is 20.5 Å². The number of imidazole rings is 1. The molecule has 0 aromatic carbocycles. The summed E-state index contributed by atoms with van der Waals surface area (Å²) in [5.74, 6) is 1.23. The molecular weight excluding hydrogens is 310 g/mol. The third kappa shape index (κ3) is 2.55. The molecule has 0 spiro atoms. The summed E-state index contributed by atoms with van der Waals surface area (Å²) in [5, 5.41) is 18.2. The lowest BCUT2D eigenvalue weighted by molar-refractivity contribution is 0.102. The molecule has 4 heterocycles. The van der Waals surface area contributed by atoms with E-state index in [-0.39, 0.29) is 18.2 Å². The van der Waals surface area contributed by atoms with Crippen molar-refractivity contribution >= 4 is 17.4 Å². The first-order valence-corrected chi connectivity index (χ1v) is 7.23. The molecule has 120 valence electrons. The van der Waals surface area contributed by atoms with E-state index in [0.29, 0.717) is 23.0 Å². The molecule has 8 nitrogen and oxygen atoms in total. The van der Waals surface area contributed by atoms with Gasteiger partial charge in [-0.25, -0.2) is 4.98 Å². The van der Waals surface area contributed by atoms with Crippen LogP contribution in [-0.4, -0.2) is 30.6 Å². The Kier molecular flexibility index (Phi) is 3.36. The minimum Gasteiger partial charge on any atom is -0.459 e. The summed E-state index contributed by atoms with van der Waals surface area (Å²) in [6.07, 6.45) is 5.07. The minimum atomic E-state index is -0.340. The van der Waals surface area contributed by atoms with Crippen LogP contribution in [0.2, 0.25) is 0 Å². The maximum absolute atomic E-state index is 12.2. The zero-order valence-electron chi connectivity index (χ0n) is 12.4. The first-order valence-electron chi connectivity index (χ1n) is 7.23. The molecule has 0 saturated heterocycles. The molecule has 0 atom stereocenters. The van der Waals surface area contributed by atoms with Crippen LogP contribution in [0.1, 0.15) is 16.2 Å². The number of anilines is 1. The molecule has 0 unspecified atom stereocenters. The van der Waals surface area contributed by atoms with Crippen LogP contribution in [-0.2, 0) is 6.61 Å². The van der Waals surface area contributed by atoms with Crippen molar-refractivity contribution in [3.63, 3.8) is 0 Å². The van der Waals surface area contributed by atoms with Gasteiger partial charge < -0.3 is 19.2 Å². The van der Waals surface area contributed by atoms with Crippen molar-refractivity contribution in [2.45, 2.75) is 6.61 Å². The Morgan fingerprint density at radius 2 is 2.17 bits per heavy atom. The number of hydrogen-bond donors (Lipinski definition) is 3. The Bertz CT molecular complexity index is 1000. The van der Waals surface area contributed by atoms with Crippen molar-refractivity contribution in [2.24, 2.45) is 0 Å². The van der Waals surface area contributed by atoms with Gasteiger partial charge in [0, 0.05) is 30.2 Å². The fourth-order valence-electron chi connectivity index (χ4n) is 2.38. The minimum absolute atomic E-state index is 0.148. The molecule has 0 bridgehead atoms. The molecule has 3 N–H and O–H groups in total. The third-order valence-corrected chi connectivity index (χ3v) is 3.53. The molecule has 0 saturated carbocycles. The maximum Gasteiger partial charge on any atom is 0.277 e. The van der Waals surface area contributed by atoms with E-state index in [0.717, 1.165) is 5.56 Å². The maximum atomic E-state index is 12.2. The highest BCUT2D eigenvalue weighted by Gasteiger charge is 2.13. The number of furan rings is 1. The standard InChI is InChI=1S/C16H13N5O3/c22-9-11-2-3-13(24-11)10-1-4-15-18-12(8-21(15)7-10)16(23)19-14-5-6-17-20-14/h1-8,22H,9H2,(H2,17,19,20,23). The topological polar surface area (TPSA) is 108 Å². The van der Waals surface area contributed by atoms with Crippen molar-refractivity contribution in [1.29, 1.82) is 0 Å². The zero-order chi connectivity index (χ0) is 16.5. The number of H-pyrrole nitrogens is 1. The fraction of sp³-hybridized carbons (Fsp3) is 0.0625. The lowest BCUT2D eigenvalue weighted by Gasteiger charge is -1.98. The van der Waals surface area contributed by atoms with Crippen molar-refractivity contribution < 1.29 is 14.3 Å². The molecule has 0 aliphatic rings. The van der Waals surface area contributed by atoms with Gasteiger partial charge in [-0.1, -0.05) is 0 Å². The van der Waals surface area contributed by atoms with E-state index in [1.807, 2.05) is 12.3 Å². The lowest BCUT2D eigenvalue weighted by atomic mass is 10.2. The lowest BCUT2D eigenvalue weighted by Crippen LogP contribution is -2.12. The Labute approximate surface area is 135 Å². The fourth-order valence-corrected chi connectivity index (χ4v) is 2.38. The normalized spacial score (nSPS) is 11.0. The molecular formula is C16H13N5O3. The van der Waals surface area contributed by atoms with Gasteiger partial charge in [0.1, 0.15) is 29.5 Å². The SMILES string of the molecule is O=C(Nc1cc[nH]n1)c1cn2cc(-c3ccc(CO)o3)ccc2n1. The monoisotopic (exact) mass is 323 g/mol. The highest BCUT2D eigenvalue weighted by atomic mass is 16.4. The quantitative estimate of drug-likeness (QED) is 0.533. The van der Waals surface area contributed by atoms with Gasteiger partial charge in [0.05, 0.1) is 0 Å². The van der Waals surface area contributed by atoms with Gasteiger partial charge in [0.2, 0.25) is 0 Å². The van der Waals surface area contributed by atoms with E-state index >= 15 is 0 Å². The molecule has 24 heavy (non-hydrogen) atoms. The molecule has 4 rings (SSSR count). The molecule has 0 fully saturated rings. The molecule has 0 aliphatic carbocycles. The second-order valence-electron chi connectivity index (χ2n) is 5.15. The van der Waals surface area contributed by atoms with Crippen LogP contribution in [0.25, 0.3) is 17.0 Å². The van der Waals surface area contributed by atoms with Crippen LogP contribution in [0.4, 0.5) is 5.82 Å². The first kappa shape index (κ1) is 14.2. The second kappa shape index (κ2) is 5.67. The molecule has 0 radical (unpaired) electrons. The Hall–Kier alpha value is -3.39. The Morgan fingerprint density at radius 3 is 2.92 bits per heavy atom. The number of nitrogens with zero attached hydrogens (tertiary/aromatic N) is 3. The predicted molar refractivity (Wildman–Crippen MR) is 85.4 cm³/mol. The average Bonchev–Trinajstić information content (AvgIpc) is 3.33. The van der Waals surface area contributed by atoms with Crippen LogP contribution in [0.15, 0.2) is 53.3 Å². The molecule has 0 aliphatic heterocycles. The van der Waals surface area contributed by atoms with Crippen LogP contribution >= 0.6 is 0 Å². The van der Waals surface area contributed by atoms with Gasteiger partial charge in [0.25, 0.3) is 5.91 Å². The van der Waals surface area contributed by atoms with Gasteiger partial charge in [-0.05, 0) is 24.3 Å². The van der Waals surface area contributed by atoms with Crippen LogP contribution in [0.3, 0.4) is 0 Å². The molecule has 8 heteroatoms. The van der Waals surface area contributed by atoms with E-state index in [1.54, 1.807) is 41.1 Å². The van der Waals surface area contributed by atoms with E-state index in [4.69, 9.17) is 9.52 Å². The highest BCUT2D eigenvalue weighted by molar-refractivity contribution is 6.02. The summed E-state index contributed by atoms with van der Waals surface area (Å²) in [5.41, 5.74) is 1.74. The number of rotatable bonds is 4. The Morgan fingerprint density at radius 1 is 1.25 bits per heavy atom. The summed E-state index contributed by atoms with van der Waals surface area (Å²) >= 11 is 0. The number of nitrogens with one attached hydrogen (secondary N) is 2. The number of fused-ring (bicyclic) bond motifs is 1. The molecule has 4 aromatic rings. The zero-order valence-corrected chi connectivity index (χ0v) is 12.4. The number of amides is 1. The molecule has 4 aromatic heterocycles. The summed E-state index contributed by atoms with van der Waals surface area (Å²) in [7, 11) is 0. The summed E-state index contributed by atoms with van der Waals surface area (Å²) < 4.78 is 7.26. The van der Waals surface area contributed by atoms with Crippen molar-refractivity contribution in [3.8, 4) is 11.3 Å². The average molecular weight is 323 g/mol. The first-order chi connectivity index (χ1) is 11.7. The van der Waals surface area contributed by atoms with Crippen LogP contribution in [0.5, 0.6) is 0 Å². The number of pyridine rings is 1. The number of aliphatic hydroxyl groups excluding tert-OH is 1. The molecule has 1 amide bonds.